The molecule has 0 aliphatic carbocycles. The third kappa shape index (κ3) is 3.38. The first-order chi connectivity index (χ1) is 12.0. The van der Waals surface area contributed by atoms with Gasteiger partial charge in [0.2, 0.25) is 0 Å². The third-order valence-corrected chi connectivity index (χ3v) is 4.27. The summed E-state index contributed by atoms with van der Waals surface area (Å²) in [5.41, 5.74) is 1.04. The fourth-order valence-electron chi connectivity index (χ4n) is 2.74. The van der Waals surface area contributed by atoms with Crippen molar-refractivity contribution in [1.29, 1.82) is 0 Å². The average molecular weight is 339 g/mol. The molecule has 3 rings (SSSR count). The van der Waals surface area contributed by atoms with Gasteiger partial charge in [-0.05, 0) is 42.1 Å². The highest BCUT2D eigenvalue weighted by atomic mass is 19.1. The molecule has 1 unspecified atom stereocenters. The summed E-state index contributed by atoms with van der Waals surface area (Å²) >= 11 is 0. The van der Waals surface area contributed by atoms with Crippen molar-refractivity contribution in [2.45, 2.75) is 13.0 Å². The second-order valence-corrected chi connectivity index (χ2v) is 5.85. The number of H-pyrrole nitrogens is 1. The highest BCUT2D eigenvalue weighted by Gasteiger charge is 2.20. The molecule has 1 aromatic heterocycles. The fraction of sp³-hybridized carbons (Fsp3) is 0.158. The van der Waals surface area contributed by atoms with Gasteiger partial charge in [-0.1, -0.05) is 24.3 Å². The Morgan fingerprint density at radius 3 is 2.60 bits per heavy atom. The van der Waals surface area contributed by atoms with Crippen molar-refractivity contribution in [2.75, 3.05) is 12.4 Å². The number of halogens is 1. The lowest BCUT2D eigenvalue weighted by atomic mass is 10.0. The Bertz CT molecular complexity index is 984. The van der Waals surface area contributed by atoms with Crippen molar-refractivity contribution in [3.8, 4) is 0 Å². The van der Waals surface area contributed by atoms with E-state index in [1.165, 1.54) is 23.1 Å². The topological polar surface area (TPSA) is 65.2 Å². The summed E-state index contributed by atoms with van der Waals surface area (Å²) in [6.45, 7) is 1.87. The zero-order valence-electron chi connectivity index (χ0n) is 13.9. The number of carbonyl (C=O) groups is 1. The lowest BCUT2D eigenvalue weighted by molar-refractivity contribution is 0.208. The molecule has 2 aromatic carbocycles. The van der Waals surface area contributed by atoms with Crippen LogP contribution in [-0.2, 0) is 0 Å². The van der Waals surface area contributed by atoms with Gasteiger partial charge in [-0.25, -0.2) is 9.18 Å². The minimum Gasteiger partial charge on any atom is -0.328 e. The maximum absolute atomic E-state index is 13.3. The Balaban J connectivity index is 1.87. The summed E-state index contributed by atoms with van der Waals surface area (Å²) in [4.78, 5) is 28.6. The number of nitrogens with one attached hydrogen (secondary N) is 2. The Morgan fingerprint density at radius 2 is 1.88 bits per heavy atom. The summed E-state index contributed by atoms with van der Waals surface area (Å²) in [7, 11) is 1.65. The maximum atomic E-state index is 13.3. The Hall–Kier alpha value is -3.15. The molecule has 1 heterocycles. The molecular weight excluding hydrogens is 321 g/mol. The molecule has 5 nitrogen and oxygen atoms in total. The number of urea groups is 1. The van der Waals surface area contributed by atoms with E-state index < -0.39 is 5.82 Å². The Labute approximate surface area is 144 Å². The van der Waals surface area contributed by atoms with Crippen LogP contribution in [0.2, 0.25) is 0 Å². The van der Waals surface area contributed by atoms with Gasteiger partial charge in [-0.15, -0.1) is 0 Å². The van der Waals surface area contributed by atoms with Gasteiger partial charge >= 0.3 is 6.03 Å². The Morgan fingerprint density at radius 1 is 1.16 bits per heavy atom. The largest absolute Gasteiger partial charge is 0.328 e. The van der Waals surface area contributed by atoms with Gasteiger partial charge in [0.15, 0.2) is 0 Å². The van der Waals surface area contributed by atoms with E-state index in [2.05, 4.69) is 10.3 Å². The van der Waals surface area contributed by atoms with E-state index in [4.69, 9.17) is 0 Å². The first-order valence-corrected chi connectivity index (χ1v) is 7.87. The van der Waals surface area contributed by atoms with Crippen molar-refractivity contribution in [3.63, 3.8) is 0 Å². The Kier molecular flexibility index (Phi) is 4.52. The molecule has 0 radical (unpaired) electrons. The summed E-state index contributed by atoms with van der Waals surface area (Å²) in [6, 6.07) is 12.3. The van der Waals surface area contributed by atoms with E-state index in [1.54, 1.807) is 31.4 Å². The lowest BCUT2D eigenvalue weighted by Gasteiger charge is -2.26. The van der Waals surface area contributed by atoms with Crippen LogP contribution in [0.3, 0.4) is 0 Å². The number of aromatic amines is 1. The lowest BCUT2D eigenvalue weighted by Crippen LogP contribution is -2.34. The number of hydrogen-bond donors (Lipinski definition) is 2. The standard InChI is InChI=1S/C19H18FN3O2/c1-12(17-11-21-18(24)16-9-4-3-8-15(16)17)23(2)19(25)22-14-7-5-6-13(20)10-14/h3-12H,1-2H3,(H,21,24)(H,22,25). The SMILES string of the molecule is CC(c1c[nH]c(=O)c2ccccc12)N(C)C(=O)Nc1cccc(F)c1. The van der Waals surface area contributed by atoms with E-state index in [-0.39, 0.29) is 17.6 Å². The molecule has 0 aliphatic rings. The number of benzene rings is 2. The van der Waals surface area contributed by atoms with E-state index in [0.717, 1.165) is 10.9 Å². The van der Waals surface area contributed by atoms with Gasteiger partial charge in [0.05, 0.1) is 6.04 Å². The van der Waals surface area contributed by atoms with Crippen LogP contribution >= 0.6 is 0 Å². The average Bonchev–Trinajstić information content (AvgIpc) is 2.61. The third-order valence-electron chi connectivity index (χ3n) is 4.27. The van der Waals surface area contributed by atoms with Crippen molar-refractivity contribution >= 4 is 22.5 Å². The van der Waals surface area contributed by atoms with Crippen molar-refractivity contribution in [3.05, 3.63) is 76.5 Å². The zero-order valence-corrected chi connectivity index (χ0v) is 13.9. The molecule has 0 saturated carbocycles. The molecule has 0 spiro atoms. The number of amides is 2. The van der Waals surface area contributed by atoms with Gasteiger partial charge in [-0.3, -0.25) is 4.79 Å². The normalized spacial score (nSPS) is 12.0. The number of pyridine rings is 1. The number of rotatable bonds is 3. The van der Waals surface area contributed by atoms with Gasteiger partial charge in [0, 0.05) is 24.3 Å². The molecular formula is C19H18FN3O2. The number of fused-ring (bicyclic) bond motifs is 1. The number of carbonyl (C=O) groups excluding carboxylic acids is 1. The first kappa shape index (κ1) is 16.7. The smallest absolute Gasteiger partial charge is 0.322 e. The number of hydrogen-bond acceptors (Lipinski definition) is 2. The van der Waals surface area contributed by atoms with E-state index in [9.17, 15) is 14.0 Å². The van der Waals surface area contributed by atoms with Crippen LogP contribution in [0.1, 0.15) is 18.5 Å². The predicted octanol–water partition coefficient (Wildman–Crippen LogP) is 3.89. The van der Waals surface area contributed by atoms with E-state index in [0.29, 0.717) is 11.1 Å². The summed E-state index contributed by atoms with van der Waals surface area (Å²) < 4.78 is 13.3. The summed E-state index contributed by atoms with van der Waals surface area (Å²) in [5.74, 6) is -0.417. The van der Waals surface area contributed by atoms with Crippen LogP contribution in [0.15, 0.2) is 59.5 Å². The van der Waals surface area contributed by atoms with E-state index >= 15 is 0 Å². The second-order valence-electron chi connectivity index (χ2n) is 5.85. The quantitative estimate of drug-likeness (QED) is 0.760. The summed E-state index contributed by atoms with van der Waals surface area (Å²) in [5, 5.41) is 4.04. The highest BCUT2D eigenvalue weighted by Crippen LogP contribution is 2.25. The maximum Gasteiger partial charge on any atom is 0.322 e. The molecule has 3 aromatic rings. The fourth-order valence-corrected chi connectivity index (χ4v) is 2.74. The molecule has 0 aliphatic heterocycles. The molecule has 1 atom stereocenters. The second kappa shape index (κ2) is 6.76. The van der Waals surface area contributed by atoms with Gasteiger partial charge < -0.3 is 15.2 Å². The van der Waals surface area contributed by atoms with Crippen molar-refractivity contribution < 1.29 is 9.18 Å². The zero-order chi connectivity index (χ0) is 18.0. The summed E-state index contributed by atoms with van der Waals surface area (Å²) in [6.07, 6.45) is 1.63. The van der Waals surface area contributed by atoms with Gasteiger partial charge in [0.25, 0.3) is 5.56 Å². The molecule has 25 heavy (non-hydrogen) atoms. The first-order valence-electron chi connectivity index (χ1n) is 7.87. The number of anilines is 1. The van der Waals surface area contributed by atoms with Crippen molar-refractivity contribution in [2.24, 2.45) is 0 Å². The van der Waals surface area contributed by atoms with Crippen LogP contribution in [0.5, 0.6) is 0 Å². The van der Waals surface area contributed by atoms with Crippen LogP contribution in [0, 0.1) is 5.82 Å². The molecule has 0 saturated heterocycles. The minimum atomic E-state index is -0.417. The van der Waals surface area contributed by atoms with E-state index in [1.807, 2.05) is 19.1 Å². The van der Waals surface area contributed by atoms with Crippen molar-refractivity contribution in [1.82, 2.24) is 9.88 Å². The van der Waals surface area contributed by atoms with Gasteiger partial charge in [0.1, 0.15) is 5.82 Å². The van der Waals surface area contributed by atoms with Crippen LogP contribution in [0.25, 0.3) is 10.8 Å². The number of nitrogens with zero attached hydrogens (tertiary/aromatic N) is 1. The van der Waals surface area contributed by atoms with Crippen LogP contribution in [0.4, 0.5) is 14.9 Å². The van der Waals surface area contributed by atoms with Gasteiger partial charge in [-0.2, -0.15) is 0 Å². The monoisotopic (exact) mass is 339 g/mol. The van der Waals surface area contributed by atoms with Crippen LogP contribution < -0.4 is 10.9 Å². The minimum absolute atomic E-state index is 0.168. The van der Waals surface area contributed by atoms with Crippen LogP contribution in [-0.4, -0.2) is 23.0 Å². The molecule has 128 valence electrons. The predicted molar refractivity (Wildman–Crippen MR) is 96.2 cm³/mol. The molecule has 6 heteroatoms. The number of aromatic nitrogens is 1. The highest BCUT2D eigenvalue weighted by molar-refractivity contribution is 5.90. The molecule has 0 fully saturated rings. The molecule has 0 bridgehead atoms. The molecule has 2 amide bonds. The molecule has 2 N–H and O–H groups in total.